The Morgan fingerprint density at radius 1 is 1.52 bits per heavy atom. The van der Waals surface area contributed by atoms with Crippen LogP contribution < -0.4 is 5.32 Å². The molecular weight excluding hydrogens is 288 g/mol. The minimum atomic E-state index is -0.270. The van der Waals surface area contributed by atoms with Crippen molar-refractivity contribution in [1.29, 1.82) is 0 Å². The number of carbonyl (C=O) groups is 1. The quantitative estimate of drug-likeness (QED) is 0.859. The van der Waals surface area contributed by atoms with Crippen molar-refractivity contribution in [3.63, 3.8) is 0 Å². The van der Waals surface area contributed by atoms with Gasteiger partial charge in [-0.2, -0.15) is 4.98 Å². The topological polar surface area (TPSA) is 73.0 Å². The summed E-state index contributed by atoms with van der Waals surface area (Å²) in [4.78, 5) is 16.9. The molecule has 108 valence electrons. The summed E-state index contributed by atoms with van der Waals surface area (Å²) in [5, 5.41) is 8.43. The number of Topliss-reactive ketones (excluding diaryl/α,β-unsaturated/α-hetero) is 1. The fraction of sp³-hybridized carbons (Fsp3) is 0.357. The van der Waals surface area contributed by atoms with Crippen molar-refractivity contribution in [2.24, 2.45) is 5.92 Å². The first-order valence-electron chi connectivity index (χ1n) is 6.81. The van der Waals surface area contributed by atoms with E-state index in [-0.39, 0.29) is 17.7 Å². The Morgan fingerprint density at radius 2 is 2.43 bits per heavy atom. The third-order valence-corrected chi connectivity index (χ3v) is 4.44. The van der Waals surface area contributed by atoms with Crippen LogP contribution in [0.2, 0.25) is 0 Å². The molecule has 2 aromatic heterocycles. The van der Waals surface area contributed by atoms with Gasteiger partial charge < -0.3 is 9.73 Å². The third kappa shape index (κ3) is 1.91. The van der Waals surface area contributed by atoms with Crippen molar-refractivity contribution < 1.29 is 9.21 Å². The molecule has 7 heteroatoms. The molecule has 0 unspecified atom stereocenters. The Labute approximate surface area is 125 Å². The number of nitrogens with one attached hydrogen (secondary N) is 1. The first-order valence-corrected chi connectivity index (χ1v) is 8.04. The van der Waals surface area contributed by atoms with Gasteiger partial charge in [-0.25, -0.2) is 4.68 Å². The molecule has 21 heavy (non-hydrogen) atoms. The Morgan fingerprint density at radius 3 is 3.19 bits per heavy atom. The van der Waals surface area contributed by atoms with E-state index < -0.39 is 0 Å². The first-order chi connectivity index (χ1) is 10.3. The van der Waals surface area contributed by atoms with Gasteiger partial charge in [0.05, 0.1) is 12.2 Å². The predicted octanol–water partition coefficient (Wildman–Crippen LogP) is 2.47. The van der Waals surface area contributed by atoms with Crippen molar-refractivity contribution in [3.8, 4) is 0 Å². The fourth-order valence-electron chi connectivity index (χ4n) is 2.98. The van der Waals surface area contributed by atoms with Crippen LogP contribution in [0, 0.1) is 5.92 Å². The van der Waals surface area contributed by atoms with Gasteiger partial charge in [0.25, 0.3) is 0 Å². The molecule has 0 saturated carbocycles. The molecule has 1 aliphatic carbocycles. The number of ketones is 1. The van der Waals surface area contributed by atoms with Crippen molar-refractivity contribution in [3.05, 3.63) is 35.9 Å². The number of hydrogen-bond donors (Lipinski definition) is 1. The molecule has 2 atom stereocenters. The number of carbonyl (C=O) groups excluding carboxylic acids is 1. The summed E-state index contributed by atoms with van der Waals surface area (Å²) in [5.41, 5.74) is 0.917. The SMILES string of the molecule is CSc1nc2n(n1)[C@H](c1ccco1)[C@H]1C(=O)CCC=C1N2. The van der Waals surface area contributed by atoms with Gasteiger partial charge in [0.2, 0.25) is 11.1 Å². The van der Waals surface area contributed by atoms with Gasteiger partial charge in [-0.15, -0.1) is 5.10 Å². The number of furan rings is 1. The molecule has 4 rings (SSSR count). The number of anilines is 1. The lowest BCUT2D eigenvalue weighted by Crippen LogP contribution is -2.38. The number of allylic oxidation sites excluding steroid dienone is 2. The van der Waals surface area contributed by atoms with Gasteiger partial charge in [0.1, 0.15) is 17.6 Å². The van der Waals surface area contributed by atoms with Crippen LogP contribution in [0.4, 0.5) is 5.95 Å². The van der Waals surface area contributed by atoms with Gasteiger partial charge in [0, 0.05) is 12.1 Å². The normalized spacial score (nSPS) is 24.0. The number of nitrogens with zero attached hydrogens (tertiary/aromatic N) is 3. The molecule has 1 aliphatic heterocycles. The molecule has 0 fully saturated rings. The maximum Gasteiger partial charge on any atom is 0.227 e. The summed E-state index contributed by atoms with van der Waals surface area (Å²) in [6.07, 6.45) is 6.97. The molecule has 1 N–H and O–H groups in total. The summed E-state index contributed by atoms with van der Waals surface area (Å²) in [7, 11) is 0. The molecule has 0 spiro atoms. The number of fused-ring (bicyclic) bond motifs is 2. The van der Waals surface area contributed by atoms with E-state index in [2.05, 4.69) is 21.5 Å². The molecule has 2 aromatic rings. The van der Waals surface area contributed by atoms with Crippen LogP contribution in [0.25, 0.3) is 0 Å². The van der Waals surface area contributed by atoms with Crippen LogP contribution in [0.3, 0.4) is 0 Å². The molecular formula is C14H14N4O2S. The number of thioether (sulfide) groups is 1. The Balaban J connectivity index is 1.90. The first kappa shape index (κ1) is 12.7. The zero-order valence-corrected chi connectivity index (χ0v) is 12.3. The Kier molecular flexibility index (Phi) is 2.88. The van der Waals surface area contributed by atoms with Crippen molar-refractivity contribution >= 4 is 23.5 Å². The summed E-state index contributed by atoms with van der Waals surface area (Å²) in [6.45, 7) is 0. The van der Waals surface area contributed by atoms with E-state index in [4.69, 9.17) is 4.42 Å². The maximum absolute atomic E-state index is 12.4. The smallest absolute Gasteiger partial charge is 0.227 e. The molecule has 3 heterocycles. The number of hydrogen-bond acceptors (Lipinski definition) is 6. The second-order valence-corrected chi connectivity index (χ2v) is 5.87. The Hall–Kier alpha value is -2.02. The van der Waals surface area contributed by atoms with Gasteiger partial charge in [-0.1, -0.05) is 17.8 Å². The van der Waals surface area contributed by atoms with Crippen molar-refractivity contribution in [1.82, 2.24) is 14.8 Å². The molecule has 6 nitrogen and oxygen atoms in total. The van der Waals surface area contributed by atoms with Crippen LogP contribution in [0.15, 0.2) is 39.7 Å². The second kappa shape index (κ2) is 4.77. The van der Waals surface area contributed by atoms with E-state index in [1.807, 2.05) is 18.4 Å². The van der Waals surface area contributed by atoms with Crippen LogP contribution in [-0.2, 0) is 4.79 Å². The summed E-state index contributed by atoms with van der Waals surface area (Å²) in [5.74, 6) is 1.35. The fourth-order valence-corrected chi connectivity index (χ4v) is 3.33. The number of aromatic nitrogens is 3. The highest BCUT2D eigenvalue weighted by molar-refractivity contribution is 7.98. The molecule has 0 saturated heterocycles. The lowest BCUT2D eigenvalue weighted by Gasteiger charge is -2.34. The van der Waals surface area contributed by atoms with E-state index in [1.165, 1.54) is 11.8 Å². The average molecular weight is 302 g/mol. The monoisotopic (exact) mass is 302 g/mol. The van der Waals surface area contributed by atoms with E-state index in [1.54, 1.807) is 10.9 Å². The van der Waals surface area contributed by atoms with E-state index in [0.29, 0.717) is 17.5 Å². The highest BCUT2D eigenvalue weighted by Crippen LogP contribution is 2.41. The molecule has 0 aromatic carbocycles. The van der Waals surface area contributed by atoms with E-state index in [0.717, 1.165) is 17.9 Å². The predicted molar refractivity (Wildman–Crippen MR) is 78.1 cm³/mol. The lowest BCUT2D eigenvalue weighted by atomic mass is 9.83. The summed E-state index contributed by atoms with van der Waals surface area (Å²) < 4.78 is 7.34. The van der Waals surface area contributed by atoms with Gasteiger partial charge in [0.15, 0.2) is 0 Å². The average Bonchev–Trinajstić information content (AvgIpc) is 3.14. The maximum atomic E-state index is 12.4. The van der Waals surface area contributed by atoms with Crippen LogP contribution in [-0.4, -0.2) is 26.8 Å². The molecule has 0 bridgehead atoms. The van der Waals surface area contributed by atoms with Gasteiger partial charge in [-0.05, 0) is 24.8 Å². The van der Waals surface area contributed by atoms with Crippen LogP contribution >= 0.6 is 11.8 Å². The second-order valence-electron chi connectivity index (χ2n) is 5.09. The van der Waals surface area contributed by atoms with Crippen molar-refractivity contribution in [2.45, 2.75) is 24.0 Å². The zero-order valence-electron chi connectivity index (χ0n) is 11.4. The largest absolute Gasteiger partial charge is 0.467 e. The summed E-state index contributed by atoms with van der Waals surface area (Å²) >= 11 is 1.48. The highest BCUT2D eigenvalue weighted by atomic mass is 32.2. The van der Waals surface area contributed by atoms with Crippen LogP contribution in [0.5, 0.6) is 0 Å². The minimum absolute atomic E-state index is 0.216. The standard InChI is InChI=1S/C14H14N4O2S/c1-21-14-16-13-15-8-4-2-5-9(19)11(8)12(18(13)17-14)10-6-3-7-20-10/h3-4,6-7,11-12H,2,5H2,1H3,(H,15,16,17)/t11-,12-/m1/s1. The molecule has 2 aliphatic rings. The highest BCUT2D eigenvalue weighted by Gasteiger charge is 2.42. The zero-order chi connectivity index (χ0) is 14.4. The third-order valence-electron chi connectivity index (χ3n) is 3.90. The molecule has 0 amide bonds. The molecule has 0 radical (unpaired) electrons. The number of rotatable bonds is 2. The van der Waals surface area contributed by atoms with Gasteiger partial charge >= 0.3 is 0 Å². The van der Waals surface area contributed by atoms with Crippen molar-refractivity contribution in [2.75, 3.05) is 11.6 Å². The minimum Gasteiger partial charge on any atom is -0.467 e. The van der Waals surface area contributed by atoms with E-state index in [9.17, 15) is 4.79 Å². The van der Waals surface area contributed by atoms with Gasteiger partial charge in [-0.3, -0.25) is 4.79 Å². The lowest BCUT2D eigenvalue weighted by molar-refractivity contribution is -0.123. The summed E-state index contributed by atoms with van der Waals surface area (Å²) in [6, 6.07) is 3.46. The Bertz CT molecular complexity index is 719. The van der Waals surface area contributed by atoms with Crippen LogP contribution in [0.1, 0.15) is 24.6 Å². The van der Waals surface area contributed by atoms with E-state index >= 15 is 0 Å².